The second kappa shape index (κ2) is 16.1. The van der Waals surface area contributed by atoms with Crippen LogP contribution in [0.25, 0.3) is 6.08 Å². The Bertz CT molecular complexity index is 600. The molecular formula is C20H34O8Si2. The smallest absolute Gasteiger partial charge is 0.463 e. The zero-order valence-electron chi connectivity index (χ0n) is 18.7. The van der Waals surface area contributed by atoms with Gasteiger partial charge in [0.25, 0.3) is 0 Å². The molecule has 0 saturated carbocycles. The minimum Gasteiger partial charge on any atom is -0.463 e. The molecule has 10 heteroatoms. The number of hydrogen-bond donors (Lipinski definition) is 0. The van der Waals surface area contributed by atoms with Gasteiger partial charge in [-0.15, -0.1) is 0 Å². The highest BCUT2D eigenvalue weighted by molar-refractivity contribution is 6.66. The fourth-order valence-corrected chi connectivity index (χ4v) is 5.29. The highest BCUT2D eigenvalue weighted by Crippen LogP contribution is 2.14. The highest BCUT2D eigenvalue weighted by Gasteiger charge is 2.37. The molecule has 0 fully saturated rings. The SMILES string of the molecule is C=CC(=O)OCCC[Si](OC)(OC)OC.CO[Si](C=Cc1ccccc1)(OC)OC. The number of carbonyl (C=O) groups is 1. The molecule has 30 heavy (non-hydrogen) atoms. The Kier molecular flexibility index (Phi) is 15.2. The largest absolute Gasteiger partial charge is 0.528 e. The van der Waals surface area contributed by atoms with Gasteiger partial charge < -0.3 is 31.3 Å². The van der Waals surface area contributed by atoms with Crippen molar-refractivity contribution < 1.29 is 36.1 Å². The molecule has 0 atom stereocenters. The molecule has 0 heterocycles. The molecule has 0 unspecified atom stereocenters. The van der Waals surface area contributed by atoms with Crippen LogP contribution in [0.1, 0.15) is 12.0 Å². The molecule has 0 saturated heterocycles. The van der Waals surface area contributed by atoms with Gasteiger partial charge >= 0.3 is 23.6 Å². The second-order valence-corrected chi connectivity index (χ2v) is 11.6. The lowest BCUT2D eigenvalue weighted by atomic mass is 10.2. The van der Waals surface area contributed by atoms with E-state index in [1.54, 1.807) is 42.7 Å². The topological polar surface area (TPSA) is 81.7 Å². The summed E-state index contributed by atoms with van der Waals surface area (Å²) >= 11 is 0. The van der Waals surface area contributed by atoms with Crippen molar-refractivity contribution in [2.45, 2.75) is 12.5 Å². The van der Waals surface area contributed by atoms with Gasteiger partial charge in [-0.2, -0.15) is 0 Å². The van der Waals surface area contributed by atoms with E-state index in [1.807, 2.05) is 42.1 Å². The maximum Gasteiger partial charge on any atom is 0.528 e. The number of rotatable bonds is 13. The zero-order chi connectivity index (χ0) is 22.9. The minimum absolute atomic E-state index is 0.315. The Labute approximate surface area is 182 Å². The summed E-state index contributed by atoms with van der Waals surface area (Å²) < 4.78 is 36.2. The van der Waals surface area contributed by atoms with E-state index in [0.717, 1.165) is 11.6 Å². The molecule has 170 valence electrons. The molecule has 0 spiro atoms. The Hall–Kier alpha value is -1.64. The van der Waals surface area contributed by atoms with E-state index in [4.69, 9.17) is 31.3 Å². The summed E-state index contributed by atoms with van der Waals surface area (Å²) in [5, 5.41) is 0. The van der Waals surface area contributed by atoms with Crippen LogP contribution in [-0.2, 0) is 36.1 Å². The fraction of sp³-hybridized carbons (Fsp3) is 0.450. The van der Waals surface area contributed by atoms with E-state index in [9.17, 15) is 4.79 Å². The molecule has 0 amide bonds. The van der Waals surface area contributed by atoms with Crippen LogP contribution in [0.5, 0.6) is 0 Å². The third kappa shape index (κ3) is 10.4. The average molecular weight is 459 g/mol. The second-order valence-electron chi connectivity index (χ2n) is 5.73. The van der Waals surface area contributed by atoms with Gasteiger partial charge in [-0.3, -0.25) is 0 Å². The summed E-state index contributed by atoms with van der Waals surface area (Å²) in [6.07, 6.45) is 3.72. The van der Waals surface area contributed by atoms with E-state index in [2.05, 4.69) is 6.58 Å². The molecule has 1 aromatic carbocycles. The van der Waals surface area contributed by atoms with E-state index < -0.39 is 23.6 Å². The first kappa shape index (κ1) is 28.4. The Morgan fingerprint density at radius 1 is 0.900 bits per heavy atom. The van der Waals surface area contributed by atoms with Gasteiger partial charge in [0.2, 0.25) is 0 Å². The average Bonchev–Trinajstić information content (AvgIpc) is 2.82. The van der Waals surface area contributed by atoms with Crippen LogP contribution in [0.3, 0.4) is 0 Å². The van der Waals surface area contributed by atoms with Gasteiger partial charge in [0.05, 0.1) is 6.61 Å². The van der Waals surface area contributed by atoms with Crippen molar-refractivity contribution in [2.24, 2.45) is 0 Å². The molecule has 0 bridgehead atoms. The molecule has 0 aliphatic carbocycles. The molecule has 1 aromatic rings. The first-order valence-corrected chi connectivity index (χ1v) is 13.0. The van der Waals surface area contributed by atoms with Crippen LogP contribution in [0, 0.1) is 0 Å². The number of hydrogen-bond acceptors (Lipinski definition) is 8. The van der Waals surface area contributed by atoms with E-state index >= 15 is 0 Å². The van der Waals surface area contributed by atoms with Crippen molar-refractivity contribution in [3.63, 3.8) is 0 Å². The summed E-state index contributed by atoms with van der Waals surface area (Å²) in [5.74, 6) is -0.422. The maximum absolute atomic E-state index is 10.7. The Morgan fingerprint density at radius 2 is 1.43 bits per heavy atom. The molecule has 0 N–H and O–H groups in total. The lowest BCUT2D eigenvalue weighted by molar-refractivity contribution is -0.137. The summed E-state index contributed by atoms with van der Waals surface area (Å²) in [7, 11) is 4.33. The van der Waals surface area contributed by atoms with Gasteiger partial charge in [-0.05, 0) is 17.7 Å². The highest BCUT2D eigenvalue weighted by atomic mass is 28.4. The zero-order valence-corrected chi connectivity index (χ0v) is 20.7. The lowest BCUT2D eigenvalue weighted by Crippen LogP contribution is -2.42. The van der Waals surface area contributed by atoms with Crippen molar-refractivity contribution in [3.05, 3.63) is 54.2 Å². The number of benzene rings is 1. The van der Waals surface area contributed by atoms with Crippen LogP contribution >= 0.6 is 0 Å². The van der Waals surface area contributed by atoms with E-state index in [1.165, 1.54) is 0 Å². The van der Waals surface area contributed by atoms with Crippen molar-refractivity contribution in [1.82, 2.24) is 0 Å². The predicted molar refractivity (Wildman–Crippen MR) is 120 cm³/mol. The van der Waals surface area contributed by atoms with Gasteiger partial charge in [-0.1, -0.05) is 43.0 Å². The summed E-state index contributed by atoms with van der Waals surface area (Å²) in [5.41, 5.74) is 2.96. The number of ether oxygens (including phenoxy) is 1. The standard InChI is InChI=1S/C11H16O3Si.C9H18O5Si/c1-12-15(13-2,14-3)10-9-11-7-5-4-6-8-11;1-5-9(10)14-7-6-8-15(11-2,12-3)13-4/h4-10H,1-3H3;5H,1,6-8H2,2-4H3. The van der Waals surface area contributed by atoms with Crippen LogP contribution in [0.4, 0.5) is 0 Å². The summed E-state index contributed by atoms with van der Waals surface area (Å²) in [6, 6.07) is 10.6. The summed E-state index contributed by atoms with van der Waals surface area (Å²) in [6.45, 7) is 3.61. The monoisotopic (exact) mass is 458 g/mol. The minimum atomic E-state index is -2.58. The van der Waals surface area contributed by atoms with Gasteiger partial charge in [0, 0.05) is 54.8 Å². The van der Waals surface area contributed by atoms with Crippen molar-refractivity contribution >= 4 is 29.7 Å². The molecule has 1 rings (SSSR count). The first-order valence-electron chi connectivity index (χ1n) is 9.24. The molecule has 0 aromatic heterocycles. The summed E-state index contributed by atoms with van der Waals surface area (Å²) in [4.78, 5) is 10.7. The van der Waals surface area contributed by atoms with Crippen LogP contribution in [0.2, 0.25) is 6.04 Å². The first-order chi connectivity index (χ1) is 14.4. The molecule has 0 radical (unpaired) electrons. The predicted octanol–water partition coefficient (Wildman–Crippen LogP) is 3.10. The third-order valence-electron chi connectivity index (χ3n) is 4.10. The molecule has 0 aliphatic rings. The van der Waals surface area contributed by atoms with Gasteiger partial charge in [0.1, 0.15) is 0 Å². The van der Waals surface area contributed by atoms with Crippen LogP contribution in [0.15, 0.2) is 48.7 Å². The maximum atomic E-state index is 10.7. The normalized spacial score (nSPS) is 11.7. The van der Waals surface area contributed by atoms with Crippen LogP contribution < -0.4 is 0 Å². The van der Waals surface area contributed by atoms with Crippen molar-refractivity contribution in [3.8, 4) is 0 Å². The molecule has 8 nitrogen and oxygen atoms in total. The quantitative estimate of drug-likeness (QED) is 0.193. The Balaban J connectivity index is 0.000000561. The van der Waals surface area contributed by atoms with E-state index in [-0.39, 0.29) is 0 Å². The van der Waals surface area contributed by atoms with Crippen molar-refractivity contribution in [2.75, 3.05) is 49.3 Å². The molecule has 0 aliphatic heterocycles. The number of esters is 1. The van der Waals surface area contributed by atoms with Crippen molar-refractivity contribution in [1.29, 1.82) is 0 Å². The lowest BCUT2D eigenvalue weighted by Gasteiger charge is -2.23. The fourth-order valence-electron chi connectivity index (χ4n) is 2.29. The van der Waals surface area contributed by atoms with Gasteiger partial charge in [0.15, 0.2) is 0 Å². The Morgan fingerprint density at radius 3 is 1.87 bits per heavy atom. The van der Waals surface area contributed by atoms with Crippen LogP contribution in [-0.4, -0.2) is 72.8 Å². The third-order valence-corrected chi connectivity index (χ3v) is 9.22. The van der Waals surface area contributed by atoms with Gasteiger partial charge in [-0.25, -0.2) is 4.79 Å². The van der Waals surface area contributed by atoms with E-state index in [0.29, 0.717) is 19.1 Å². The number of carbonyl (C=O) groups excluding carboxylic acids is 1. The molecular weight excluding hydrogens is 424 g/mol.